The fourth-order valence-electron chi connectivity index (χ4n) is 1.78. The largest absolute Gasteiger partial charge is 0.366 e. The van der Waals surface area contributed by atoms with Crippen LogP contribution in [0.2, 0.25) is 0 Å². The summed E-state index contributed by atoms with van der Waals surface area (Å²) < 4.78 is 0. The van der Waals surface area contributed by atoms with Gasteiger partial charge in [0.05, 0.1) is 17.2 Å². The average molecular weight is 230 g/mol. The van der Waals surface area contributed by atoms with Crippen molar-refractivity contribution >= 4 is 16.9 Å². The van der Waals surface area contributed by atoms with Gasteiger partial charge in [-0.05, 0) is 38.4 Å². The van der Waals surface area contributed by atoms with Crippen LogP contribution in [-0.2, 0) is 0 Å². The van der Waals surface area contributed by atoms with Gasteiger partial charge in [0.2, 0.25) is 0 Å². The monoisotopic (exact) mass is 230 g/mol. The summed E-state index contributed by atoms with van der Waals surface area (Å²) in [6, 6.07) is 8.24. The molecule has 1 heterocycles. The van der Waals surface area contributed by atoms with E-state index in [0.717, 1.165) is 36.2 Å². The number of hydrogen-bond donors (Lipinski definition) is 2. The van der Waals surface area contributed by atoms with Crippen LogP contribution in [0.5, 0.6) is 0 Å². The molecular formula is C13H18N4. The first-order chi connectivity index (χ1) is 8.29. The van der Waals surface area contributed by atoms with Crippen molar-refractivity contribution in [3.05, 3.63) is 30.5 Å². The number of rotatable bonds is 5. The third-order valence-corrected chi connectivity index (χ3v) is 2.68. The van der Waals surface area contributed by atoms with Crippen molar-refractivity contribution in [2.45, 2.75) is 25.8 Å². The third kappa shape index (κ3) is 3.14. The number of para-hydroxylation sites is 2. The molecule has 1 atom stereocenters. The number of benzene rings is 1. The summed E-state index contributed by atoms with van der Waals surface area (Å²) >= 11 is 0. The average Bonchev–Trinajstić information content (AvgIpc) is 2.36. The second kappa shape index (κ2) is 5.59. The first-order valence-corrected chi connectivity index (χ1v) is 5.98. The summed E-state index contributed by atoms with van der Waals surface area (Å²) in [6.45, 7) is 2.86. The summed E-state index contributed by atoms with van der Waals surface area (Å²) in [5, 5.41) is 3.34. The summed E-state index contributed by atoms with van der Waals surface area (Å²) in [7, 11) is 0. The van der Waals surface area contributed by atoms with E-state index >= 15 is 0 Å². The second-order valence-electron chi connectivity index (χ2n) is 4.22. The molecule has 2 aromatic rings. The van der Waals surface area contributed by atoms with Gasteiger partial charge < -0.3 is 11.1 Å². The maximum atomic E-state index is 5.49. The fourth-order valence-corrected chi connectivity index (χ4v) is 1.78. The molecule has 0 saturated carbocycles. The van der Waals surface area contributed by atoms with E-state index in [1.807, 2.05) is 24.3 Å². The Kier molecular flexibility index (Phi) is 3.88. The molecule has 0 fully saturated rings. The van der Waals surface area contributed by atoms with E-state index in [-0.39, 0.29) is 0 Å². The molecule has 4 heteroatoms. The van der Waals surface area contributed by atoms with Gasteiger partial charge in [-0.1, -0.05) is 12.1 Å². The van der Waals surface area contributed by atoms with E-state index in [9.17, 15) is 0 Å². The van der Waals surface area contributed by atoms with Crippen LogP contribution in [0.15, 0.2) is 30.5 Å². The molecular weight excluding hydrogens is 212 g/mol. The van der Waals surface area contributed by atoms with Crippen LogP contribution in [-0.4, -0.2) is 22.6 Å². The Labute approximate surface area is 101 Å². The van der Waals surface area contributed by atoms with Gasteiger partial charge in [0.1, 0.15) is 5.82 Å². The minimum absolute atomic E-state index is 0.369. The van der Waals surface area contributed by atoms with Crippen LogP contribution in [0.4, 0.5) is 5.82 Å². The summed E-state index contributed by atoms with van der Waals surface area (Å²) in [5.41, 5.74) is 7.33. The second-order valence-corrected chi connectivity index (χ2v) is 4.22. The zero-order valence-electron chi connectivity index (χ0n) is 10.1. The number of hydrogen-bond acceptors (Lipinski definition) is 4. The van der Waals surface area contributed by atoms with Crippen LogP contribution >= 0.6 is 0 Å². The lowest BCUT2D eigenvalue weighted by atomic mass is 10.2. The zero-order valence-corrected chi connectivity index (χ0v) is 10.1. The fraction of sp³-hybridized carbons (Fsp3) is 0.385. The highest BCUT2D eigenvalue weighted by Crippen LogP contribution is 2.12. The molecule has 0 aliphatic heterocycles. The summed E-state index contributed by atoms with van der Waals surface area (Å²) in [4.78, 5) is 8.88. The zero-order chi connectivity index (χ0) is 12.1. The SMILES string of the molecule is CC(CCCN)Nc1cnc2ccccc2n1. The molecule has 90 valence electrons. The Balaban J connectivity index is 2.08. The predicted octanol–water partition coefficient (Wildman–Crippen LogP) is 2.17. The highest BCUT2D eigenvalue weighted by molar-refractivity contribution is 5.75. The number of aromatic nitrogens is 2. The van der Waals surface area contributed by atoms with Gasteiger partial charge in [0.15, 0.2) is 0 Å². The van der Waals surface area contributed by atoms with E-state index in [2.05, 4.69) is 22.2 Å². The van der Waals surface area contributed by atoms with Crippen molar-refractivity contribution in [1.82, 2.24) is 9.97 Å². The Morgan fingerprint density at radius 1 is 1.29 bits per heavy atom. The molecule has 0 saturated heterocycles. The first kappa shape index (κ1) is 11.8. The van der Waals surface area contributed by atoms with E-state index in [4.69, 9.17) is 5.73 Å². The predicted molar refractivity (Wildman–Crippen MR) is 70.9 cm³/mol. The van der Waals surface area contributed by atoms with Crippen LogP contribution < -0.4 is 11.1 Å². The van der Waals surface area contributed by atoms with Gasteiger partial charge >= 0.3 is 0 Å². The Bertz CT molecular complexity index is 484. The van der Waals surface area contributed by atoms with Gasteiger partial charge in [-0.3, -0.25) is 4.98 Å². The van der Waals surface area contributed by atoms with Crippen LogP contribution in [0.25, 0.3) is 11.0 Å². The van der Waals surface area contributed by atoms with Crippen molar-refractivity contribution in [3.8, 4) is 0 Å². The first-order valence-electron chi connectivity index (χ1n) is 5.98. The van der Waals surface area contributed by atoms with Crippen LogP contribution in [0.1, 0.15) is 19.8 Å². The molecule has 1 aromatic carbocycles. The van der Waals surface area contributed by atoms with Gasteiger partial charge in [0.25, 0.3) is 0 Å². The van der Waals surface area contributed by atoms with E-state index in [1.165, 1.54) is 0 Å². The lowest BCUT2D eigenvalue weighted by Crippen LogP contribution is -2.17. The molecule has 1 aromatic heterocycles. The minimum Gasteiger partial charge on any atom is -0.366 e. The van der Waals surface area contributed by atoms with E-state index < -0.39 is 0 Å². The Morgan fingerprint density at radius 2 is 2.06 bits per heavy atom. The number of anilines is 1. The topological polar surface area (TPSA) is 63.8 Å². The lowest BCUT2D eigenvalue weighted by Gasteiger charge is -2.13. The molecule has 0 bridgehead atoms. The maximum Gasteiger partial charge on any atom is 0.145 e. The van der Waals surface area contributed by atoms with Gasteiger partial charge in [-0.2, -0.15) is 0 Å². The van der Waals surface area contributed by atoms with Gasteiger partial charge in [-0.15, -0.1) is 0 Å². The molecule has 0 spiro atoms. The van der Waals surface area contributed by atoms with Gasteiger partial charge in [0, 0.05) is 6.04 Å². The van der Waals surface area contributed by atoms with E-state index in [1.54, 1.807) is 6.20 Å². The van der Waals surface area contributed by atoms with Crippen LogP contribution in [0.3, 0.4) is 0 Å². The smallest absolute Gasteiger partial charge is 0.145 e. The van der Waals surface area contributed by atoms with Crippen molar-refractivity contribution in [2.24, 2.45) is 5.73 Å². The molecule has 0 amide bonds. The Hall–Kier alpha value is -1.68. The van der Waals surface area contributed by atoms with E-state index in [0.29, 0.717) is 6.04 Å². The molecule has 0 aliphatic carbocycles. The molecule has 17 heavy (non-hydrogen) atoms. The van der Waals surface area contributed by atoms with Crippen molar-refractivity contribution in [3.63, 3.8) is 0 Å². The summed E-state index contributed by atoms with van der Waals surface area (Å²) in [6.07, 6.45) is 3.85. The van der Waals surface area contributed by atoms with Crippen molar-refractivity contribution < 1.29 is 0 Å². The minimum atomic E-state index is 0.369. The highest BCUT2D eigenvalue weighted by Gasteiger charge is 2.03. The number of nitrogens with zero attached hydrogens (tertiary/aromatic N) is 2. The number of fused-ring (bicyclic) bond motifs is 1. The maximum absolute atomic E-state index is 5.49. The summed E-state index contributed by atoms with van der Waals surface area (Å²) in [5.74, 6) is 0.827. The highest BCUT2D eigenvalue weighted by atomic mass is 15.0. The molecule has 2 rings (SSSR count). The van der Waals surface area contributed by atoms with Crippen molar-refractivity contribution in [2.75, 3.05) is 11.9 Å². The lowest BCUT2D eigenvalue weighted by molar-refractivity contribution is 0.661. The van der Waals surface area contributed by atoms with Gasteiger partial charge in [-0.25, -0.2) is 4.98 Å². The standard InChI is InChI=1S/C13H18N4/c1-10(5-4-8-14)16-13-9-15-11-6-2-3-7-12(11)17-13/h2-3,6-7,9-10H,4-5,8,14H2,1H3,(H,16,17). The number of nitrogens with one attached hydrogen (secondary N) is 1. The molecule has 0 aliphatic rings. The van der Waals surface area contributed by atoms with Crippen LogP contribution in [0, 0.1) is 0 Å². The van der Waals surface area contributed by atoms with Crippen molar-refractivity contribution in [1.29, 1.82) is 0 Å². The molecule has 4 nitrogen and oxygen atoms in total. The number of nitrogens with two attached hydrogens (primary N) is 1. The molecule has 1 unspecified atom stereocenters. The third-order valence-electron chi connectivity index (χ3n) is 2.68. The Morgan fingerprint density at radius 3 is 2.82 bits per heavy atom. The molecule has 3 N–H and O–H groups in total. The quantitative estimate of drug-likeness (QED) is 0.826. The normalized spacial score (nSPS) is 12.6. The molecule has 0 radical (unpaired) electrons.